The molecule has 3 rings (SSSR count). The van der Waals surface area contributed by atoms with Crippen LogP contribution >= 0.6 is 0 Å². The number of nitrogens with two attached hydrogens (primary N) is 1. The Labute approximate surface area is 74.7 Å². The quantitative estimate of drug-likeness (QED) is 0.683. The standard InChI is InChI=1S/C11H19N/c12-11(7-8-11)4-2-9-1-3-10(9)5-6-10/h9H,1-8,12H2. The molecule has 0 bridgehead atoms. The molecule has 0 radical (unpaired) electrons. The van der Waals surface area contributed by atoms with Crippen LogP contribution in [0.2, 0.25) is 0 Å². The van der Waals surface area contributed by atoms with Gasteiger partial charge in [0.15, 0.2) is 0 Å². The molecule has 3 saturated carbocycles. The highest BCUT2D eigenvalue weighted by Crippen LogP contribution is 2.66. The smallest absolute Gasteiger partial charge is 0.0155 e. The summed E-state index contributed by atoms with van der Waals surface area (Å²) in [5.41, 5.74) is 7.27. The van der Waals surface area contributed by atoms with Gasteiger partial charge >= 0.3 is 0 Å². The molecule has 3 fully saturated rings. The van der Waals surface area contributed by atoms with Crippen molar-refractivity contribution in [3.63, 3.8) is 0 Å². The SMILES string of the molecule is NC1(CCC2CCC23CC3)CC1. The zero-order valence-electron chi connectivity index (χ0n) is 7.81. The zero-order chi connectivity index (χ0) is 8.23. The molecular formula is C11H19N. The van der Waals surface area contributed by atoms with Gasteiger partial charge in [-0.3, -0.25) is 0 Å². The van der Waals surface area contributed by atoms with Gasteiger partial charge in [-0.15, -0.1) is 0 Å². The summed E-state index contributed by atoms with van der Waals surface area (Å²) in [6.45, 7) is 0. The van der Waals surface area contributed by atoms with Gasteiger partial charge in [0.1, 0.15) is 0 Å². The van der Waals surface area contributed by atoms with E-state index in [0.717, 1.165) is 11.3 Å². The van der Waals surface area contributed by atoms with Crippen LogP contribution in [0.25, 0.3) is 0 Å². The molecule has 1 atom stereocenters. The first-order valence-corrected chi connectivity index (χ1v) is 5.52. The van der Waals surface area contributed by atoms with Gasteiger partial charge in [-0.05, 0) is 62.7 Å². The van der Waals surface area contributed by atoms with Crippen molar-refractivity contribution in [1.29, 1.82) is 0 Å². The molecule has 0 heterocycles. The second-order valence-corrected chi connectivity index (χ2v) is 5.50. The number of hydrogen-bond acceptors (Lipinski definition) is 1. The molecule has 1 heteroatoms. The lowest BCUT2D eigenvalue weighted by Gasteiger charge is -2.38. The molecule has 1 nitrogen and oxygen atoms in total. The fourth-order valence-corrected chi connectivity index (χ4v) is 2.90. The van der Waals surface area contributed by atoms with Crippen LogP contribution in [0.5, 0.6) is 0 Å². The van der Waals surface area contributed by atoms with E-state index in [4.69, 9.17) is 5.73 Å². The van der Waals surface area contributed by atoms with E-state index in [2.05, 4.69) is 0 Å². The van der Waals surface area contributed by atoms with Gasteiger partial charge in [0.05, 0.1) is 0 Å². The maximum absolute atomic E-state index is 6.08. The van der Waals surface area contributed by atoms with Crippen LogP contribution in [0.3, 0.4) is 0 Å². The molecule has 0 amide bonds. The molecular weight excluding hydrogens is 146 g/mol. The summed E-state index contributed by atoms with van der Waals surface area (Å²) in [6, 6.07) is 0. The van der Waals surface area contributed by atoms with Crippen LogP contribution in [0.15, 0.2) is 0 Å². The van der Waals surface area contributed by atoms with Gasteiger partial charge in [0.25, 0.3) is 0 Å². The normalized spacial score (nSPS) is 39.2. The van der Waals surface area contributed by atoms with Crippen molar-refractivity contribution >= 4 is 0 Å². The third kappa shape index (κ3) is 1.02. The van der Waals surface area contributed by atoms with Crippen molar-refractivity contribution in [3.8, 4) is 0 Å². The summed E-state index contributed by atoms with van der Waals surface area (Å²) < 4.78 is 0. The Morgan fingerprint density at radius 3 is 2.25 bits per heavy atom. The predicted octanol–water partition coefficient (Wildman–Crippen LogP) is 2.45. The topological polar surface area (TPSA) is 26.0 Å². The Morgan fingerprint density at radius 2 is 1.83 bits per heavy atom. The Bertz CT molecular complexity index is 201. The predicted molar refractivity (Wildman–Crippen MR) is 49.8 cm³/mol. The first kappa shape index (κ1) is 7.37. The first-order chi connectivity index (χ1) is 5.73. The van der Waals surface area contributed by atoms with Gasteiger partial charge in [-0.25, -0.2) is 0 Å². The summed E-state index contributed by atoms with van der Waals surface area (Å²) in [4.78, 5) is 0. The molecule has 2 N–H and O–H groups in total. The minimum Gasteiger partial charge on any atom is -0.325 e. The molecule has 0 aromatic heterocycles. The Balaban J connectivity index is 1.49. The summed E-state index contributed by atoms with van der Waals surface area (Å²) >= 11 is 0. The largest absolute Gasteiger partial charge is 0.325 e. The molecule has 0 aromatic carbocycles. The highest BCUT2D eigenvalue weighted by Gasteiger charge is 2.55. The average molecular weight is 165 g/mol. The van der Waals surface area contributed by atoms with Crippen molar-refractivity contribution in [2.24, 2.45) is 17.1 Å². The van der Waals surface area contributed by atoms with Crippen LogP contribution in [0.4, 0.5) is 0 Å². The minimum absolute atomic E-state index is 0.311. The molecule has 12 heavy (non-hydrogen) atoms. The average Bonchev–Trinajstić information content (AvgIpc) is 2.81. The molecule has 0 saturated heterocycles. The summed E-state index contributed by atoms with van der Waals surface area (Å²) in [6.07, 6.45) is 11.5. The highest BCUT2D eigenvalue weighted by atomic mass is 14.8. The van der Waals surface area contributed by atoms with Crippen LogP contribution in [0, 0.1) is 11.3 Å². The second-order valence-electron chi connectivity index (χ2n) is 5.50. The summed E-state index contributed by atoms with van der Waals surface area (Å²) in [5.74, 6) is 1.08. The molecule has 1 unspecified atom stereocenters. The van der Waals surface area contributed by atoms with Gasteiger partial charge in [-0.2, -0.15) is 0 Å². The van der Waals surface area contributed by atoms with Gasteiger partial charge < -0.3 is 5.73 Å². The number of hydrogen-bond donors (Lipinski definition) is 1. The lowest BCUT2D eigenvalue weighted by atomic mass is 9.68. The van der Waals surface area contributed by atoms with Crippen molar-refractivity contribution in [2.75, 3.05) is 0 Å². The fourth-order valence-electron chi connectivity index (χ4n) is 2.90. The van der Waals surface area contributed by atoms with E-state index >= 15 is 0 Å². The molecule has 68 valence electrons. The second kappa shape index (κ2) is 2.06. The molecule has 3 aliphatic rings. The Morgan fingerprint density at radius 1 is 1.08 bits per heavy atom. The first-order valence-electron chi connectivity index (χ1n) is 5.52. The molecule has 1 spiro atoms. The molecule has 3 aliphatic carbocycles. The summed E-state index contributed by atoms with van der Waals surface area (Å²) in [7, 11) is 0. The van der Waals surface area contributed by atoms with Crippen molar-refractivity contribution in [3.05, 3.63) is 0 Å². The lowest BCUT2D eigenvalue weighted by Crippen LogP contribution is -2.30. The molecule has 0 aliphatic heterocycles. The van der Waals surface area contributed by atoms with Gasteiger partial charge in [-0.1, -0.05) is 0 Å². The maximum Gasteiger partial charge on any atom is 0.0155 e. The van der Waals surface area contributed by atoms with Gasteiger partial charge in [0.2, 0.25) is 0 Å². The maximum atomic E-state index is 6.08. The highest BCUT2D eigenvalue weighted by molar-refractivity contribution is 5.07. The fraction of sp³-hybridized carbons (Fsp3) is 1.00. The lowest BCUT2D eigenvalue weighted by molar-refractivity contribution is 0.131. The zero-order valence-corrected chi connectivity index (χ0v) is 7.81. The monoisotopic (exact) mass is 165 g/mol. The minimum atomic E-state index is 0.311. The van der Waals surface area contributed by atoms with E-state index in [1.54, 1.807) is 0 Å². The van der Waals surface area contributed by atoms with Crippen LogP contribution in [-0.4, -0.2) is 5.54 Å². The van der Waals surface area contributed by atoms with Crippen molar-refractivity contribution in [2.45, 2.75) is 56.9 Å². The summed E-state index contributed by atoms with van der Waals surface area (Å²) in [5, 5.41) is 0. The Hall–Kier alpha value is -0.0400. The van der Waals surface area contributed by atoms with Gasteiger partial charge in [0, 0.05) is 5.54 Å². The van der Waals surface area contributed by atoms with Crippen molar-refractivity contribution in [1.82, 2.24) is 0 Å². The number of rotatable bonds is 3. The van der Waals surface area contributed by atoms with E-state index in [1.165, 1.54) is 51.4 Å². The van der Waals surface area contributed by atoms with Crippen molar-refractivity contribution < 1.29 is 0 Å². The van der Waals surface area contributed by atoms with E-state index in [-0.39, 0.29) is 0 Å². The van der Waals surface area contributed by atoms with E-state index in [1.807, 2.05) is 0 Å². The van der Waals surface area contributed by atoms with E-state index in [9.17, 15) is 0 Å². The van der Waals surface area contributed by atoms with Crippen LogP contribution < -0.4 is 5.73 Å². The van der Waals surface area contributed by atoms with Crippen LogP contribution in [-0.2, 0) is 0 Å². The molecule has 0 aromatic rings. The van der Waals surface area contributed by atoms with E-state index in [0.29, 0.717) is 5.54 Å². The van der Waals surface area contributed by atoms with Crippen LogP contribution in [0.1, 0.15) is 51.4 Å². The Kier molecular flexibility index (Phi) is 1.27. The third-order valence-electron chi connectivity index (χ3n) is 4.63. The third-order valence-corrected chi connectivity index (χ3v) is 4.63. The van der Waals surface area contributed by atoms with E-state index < -0.39 is 0 Å².